The molecule has 1 fully saturated rings. The van der Waals surface area contributed by atoms with Crippen molar-refractivity contribution in [1.82, 2.24) is 0 Å². The molecule has 1 aliphatic rings. The van der Waals surface area contributed by atoms with Crippen molar-refractivity contribution in [1.29, 1.82) is 0 Å². The van der Waals surface area contributed by atoms with Gasteiger partial charge in [-0.15, -0.1) is 0 Å². The highest BCUT2D eigenvalue weighted by atomic mass is 19.3. The fraction of sp³-hybridized carbons (Fsp3) is 1.00. The van der Waals surface area contributed by atoms with E-state index in [-0.39, 0.29) is 30.8 Å². The molecule has 0 heterocycles. The van der Waals surface area contributed by atoms with E-state index in [2.05, 4.69) is 0 Å². The summed E-state index contributed by atoms with van der Waals surface area (Å²) in [6, 6.07) is 0. The van der Waals surface area contributed by atoms with Crippen LogP contribution in [0.25, 0.3) is 0 Å². The molecular weight excluding hydrogens is 188 g/mol. The van der Waals surface area contributed by atoms with Crippen molar-refractivity contribution in [2.24, 2.45) is 17.1 Å². The average Bonchev–Trinajstić information content (AvgIpc) is 2.16. The highest BCUT2D eigenvalue weighted by Gasteiger charge is 2.41. The summed E-state index contributed by atoms with van der Waals surface area (Å²) in [5, 5.41) is 9.20. The van der Waals surface area contributed by atoms with Gasteiger partial charge in [-0.2, -0.15) is 0 Å². The van der Waals surface area contributed by atoms with Gasteiger partial charge in [0.2, 0.25) is 5.92 Å². The Kier molecular flexibility index (Phi) is 3.48. The Balaban J connectivity index is 2.56. The minimum Gasteiger partial charge on any atom is -0.396 e. The first-order valence-electron chi connectivity index (χ1n) is 5.12. The highest BCUT2D eigenvalue weighted by Crippen LogP contribution is 2.43. The van der Waals surface area contributed by atoms with E-state index in [4.69, 9.17) is 5.73 Å². The molecule has 0 aromatic rings. The van der Waals surface area contributed by atoms with Crippen molar-refractivity contribution in [3.63, 3.8) is 0 Å². The molecule has 84 valence electrons. The van der Waals surface area contributed by atoms with E-state index in [1.165, 1.54) is 0 Å². The molecule has 0 aromatic carbocycles. The number of alkyl halides is 2. The largest absolute Gasteiger partial charge is 0.396 e. The van der Waals surface area contributed by atoms with Gasteiger partial charge in [0.15, 0.2) is 0 Å². The van der Waals surface area contributed by atoms with Crippen LogP contribution in [0.15, 0.2) is 0 Å². The van der Waals surface area contributed by atoms with E-state index in [0.717, 1.165) is 0 Å². The zero-order chi connectivity index (χ0) is 10.8. The van der Waals surface area contributed by atoms with Crippen LogP contribution < -0.4 is 5.73 Å². The Morgan fingerprint density at radius 3 is 2.29 bits per heavy atom. The molecule has 0 amide bonds. The van der Waals surface area contributed by atoms with Gasteiger partial charge in [0, 0.05) is 31.4 Å². The van der Waals surface area contributed by atoms with E-state index in [1.807, 2.05) is 6.92 Å². The van der Waals surface area contributed by atoms with Gasteiger partial charge in [-0.3, -0.25) is 0 Å². The maximum Gasteiger partial charge on any atom is 0.248 e. The number of rotatable bonds is 3. The second-order valence-electron chi connectivity index (χ2n) is 4.65. The van der Waals surface area contributed by atoms with Gasteiger partial charge in [0.05, 0.1) is 0 Å². The molecule has 4 heteroatoms. The van der Waals surface area contributed by atoms with Crippen molar-refractivity contribution < 1.29 is 13.9 Å². The number of nitrogens with two attached hydrogens (primary N) is 1. The van der Waals surface area contributed by atoms with Gasteiger partial charge in [0.25, 0.3) is 0 Å². The summed E-state index contributed by atoms with van der Waals surface area (Å²) in [6.07, 6.45) is 0.822. The Morgan fingerprint density at radius 1 is 1.43 bits per heavy atom. The lowest BCUT2D eigenvalue weighted by Gasteiger charge is -2.39. The molecule has 14 heavy (non-hydrogen) atoms. The molecule has 0 spiro atoms. The monoisotopic (exact) mass is 207 g/mol. The predicted octanol–water partition coefficient (Wildman–Crippen LogP) is 1.77. The van der Waals surface area contributed by atoms with Crippen LogP contribution in [0.3, 0.4) is 0 Å². The summed E-state index contributed by atoms with van der Waals surface area (Å²) in [4.78, 5) is 0. The van der Waals surface area contributed by atoms with Gasteiger partial charge < -0.3 is 10.8 Å². The summed E-state index contributed by atoms with van der Waals surface area (Å²) < 4.78 is 25.8. The lowest BCUT2D eigenvalue weighted by atomic mass is 9.69. The van der Waals surface area contributed by atoms with Crippen LogP contribution in [0.1, 0.15) is 32.6 Å². The first-order valence-corrected chi connectivity index (χ1v) is 5.12. The third-order valence-corrected chi connectivity index (χ3v) is 3.53. The molecule has 0 saturated heterocycles. The molecule has 1 rings (SSSR count). The molecule has 2 nitrogen and oxygen atoms in total. The van der Waals surface area contributed by atoms with Gasteiger partial charge in [-0.25, -0.2) is 8.78 Å². The maximum atomic E-state index is 12.9. The Hall–Kier alpha value is -0.220. The second kappa shape index (κ2) is 4.11. The summed E-state index contributed by atoms with van der Waals surface area (Å²) in [5.74, 6) is -2.36. The maximum absolute atomic E-state index is 12.9. The van der Waals surface area contributed by atoms with E-state index in [0.29, 0.717) is 19.4 Å². The molecule has 0 aliphatic heterocycles. The van der Waals surface area contributed by atoms with Crippen molar-refractivity contribution in [3.05, 3.63) is 0 Å². The third-order valence-electron chi connectivity index (χ3n) is 3.53. The first-order chi connectivity index (χ1) is 6.43. The van der Waals surface area contributed by atoms with Crippen LogP contribution in [0.2, 0.25) is 0 Å². The van der Waals surface area contributed by atoms with Crippen molar-refractivity contribution >= 4 is 0 Å². The zero-order valence-electron chi connectivity index (χ0n) is 8.60. The van der Waals surface area contributed by atoms with E-state index >= 15 is 0 Å². The summed E-state index contributed by atoms with van der Waals surface area (Å²) in [5.41, 5.74) is 5.19. The summed E-state index contributed by atoms with van der Waals surface area (Å²) in [7, 11) is 0. The topological polar surface area (TPSA) is 46.2 Å². The second-order valence-corrected chi connectivity index (χ2v) is 4.65. The van der Waals surface area contributed by atoms with Crippen LogP contribution >= 0.6 is 0 Å². The minimum absolute atomic E-state index is 0.0141. The normalized spacial score (nSPS) is 27.2. The molecule has 1 aliphatic carbocycles. The lowest BCUT2D eigenvalue weighted by Crippen LogP contribution is -2.42. The SMILES string of the molecule is CC(CN)(CO)C1CCC(F)(F)CC1. The van der Waals surface area contributed by atoms with E-state index in [9.17, 15) is 13.9 Å². The lowest BCUT2D eigenvalue weighted by molar-refractivity contribution is -0.0678. The van der Waals surface area contributed by atoms with Crippen LogP contribution in [-0.4, -0.2) is 24.2 Å². The van der Waals surface area contributed by atoms with Crippen molar-refractivity contribution in [3.8, 4) is 0 Å². The third kappa shape index (κ3) is 2.42. The zero-order valence-corrected chi connectivity index (χ0v) is 8.60. The van der Waals surface area contributed by atoms with Crippen LogP contribution in [0, 0.1) is 11.3 Å². The Bertz CT molecular complexity index is 183. The molecule has 3 N–H and O–H groups in total. The number of hydrogen-bond donors (Lipinski definition) is 2. The van der Waals surface area contributed by atoms with E-state index < -0.39 is 5.92 Å². The first kappa shape index (κ1) is 11.9. The molecule has 1 saturated carbocycles. The molecule has 0 radical (unpaired) electrons. The van der Waals surface area contributed by atoms with Gasteiger partial charge in [0.1, 0.15) is 0 Å². The predicted molar refractivity (Wildman–Crippen MR) is 51.2 cm³/mol. The molecule has 0 aromatic heterocycles. The van der Waals surface area contributed by atoms with Crippen LogP contribution in [0.5, 0.6) is 0 Å². The number of halogens is 2. The fourth-order valence-corrected chi connectivity index (χ4v) is 2.10. The summed E-state index contributed by atoms with van der Waals surface area (Å²) >= 11 is 0. The summed E-state index contributed by atoms with van der Waals surface area (Å²) in [6.45, 7) is 2.22. The van der Waals surface area contributed by atoms with Gasteiger partial charge in [-0.05, 0) is 18.8 Å². The molecule has 1 unspecified atom stereocenters. The van der Waals surface area contributed by atoms with Crippen molar-refractivity contribution in [2.45, 2.75) is 38.5 Å². The highest BCUT2D eigenvalue weighted by molar-refractivity contribution is 4.88. The van der Waals surface area contributed by atoms with Crippen LogP contribution in [0.4, 0.5) is 8.78 Å². The van der Waals surface area contributed by atoms with Gasteiger partial charge in [-0.1, -0.05) is 6.92 Å². The van der Waals surface area contributed by atoms with Gasteiger partial charge >= 0.3 is 0 Å². The number of aliphatic hydroxyl groups is 1. The standard InChI is InChI=1S/C10H19F2NO/c1-9(6-13,7-14)8-2-4-10(11,12)5-3-8/h8,14H,2-7,13H2,1H3. The quantitative estimate of drug-likeness (QED) is 0.741. The molecular formula is C10H19F2NO. The number of aliphatic hydroxyl groups excluding tert-OH is 1. The minimum atomic E-state index is -2.50. The molecule has 1 atom stereocenters. The Morgan fingerprint density at radius 2 is 1.93 bits per heavy atom. The Labute approximate surface area is 83.5 Å². The fourth-order valence-electron chi connectivity index (χ4n) is 2.10. The average molecular weight is 207 g/mol. The van der Waals surface area contributed by atoms with Crippen LogP contribution in [-0.2, 0) is 0 Å². The van der Waals surface area contributed by atoms with E-state index in [1.54, 1.807) is 0 Å². The number of hydrogen-bond acceptors (Lipinski definition) is 2. The molecule has 0 bridgehead atoms. The van der Waals surface area contributed by atoms with Crippen molar-refractivity contribution in [2.75, 3.05) is 13.2 Å². The smallest absolute Gasteiger partial charge is 0.248 e.